The summed E-state index contributed by atoms with van der Waals surface area (Å²) in [6, 6.07) is 10.4. The first-order valence-electron chi connectivity index (χ1n) is 10.0. The quantitative estimate of drug-likeness (QED) is 0.767. The molecule has 0 radical (unpaired) electrons. The Bertz CT molecular complexity index is 873. The first-order valence-corrected chi connectivity index (χ1v) is 10.0. The number of carbonyl (C=O) groups is 1. The molecule has 1 spiro atoms. The van der Waals surface area contributed by atoms with E-state index in [0.717, 1.165) is 62.2 Å². The van der Waals surface area contributed by atoms with E-state index in [1.807, 2.05) is 30.3 Å². The van der Waals surface area contributed by atoms with Gasteiger partial charge in [0.1, 0.15) is 5.82 Å². The van der Waals surface area contributed by atoms with Gasteiger partial charge in [0.25, 0.3) is 12.0 Å². The first kappa shape index (κ1) is 21.2. The summed E-state index contributed by atoms with van der Waals surface area (Å²) in [5.74, 6) is 0.700. The van der Waals surface area contributed by atoms with Gasteiger partial charge in [-0.25, -0.2) is 4.98 Å². The lowest BCUT2D eigenvalue weighted by molar-refractivity contribution is -0.122. The van der Waals surface area contributed by atoms with Gasteiger partial charge < -0.3 is 14.8 Å². The number of carboxylic acid groups (broad SMARTS) is 1. The Morgan fingerprint density at radius 3 is 2.55 bits per heavy atom. The standard InChI is InChI=1S/C21H27N3O2.CH2O2/c1-15(14-26-2)24-12-10-21(11-13-24)9-8-17-18(21)22-19(23-20(17)25)16-6-4-3-5-7-16;2-1-3/h3-7,15H,8-14H2,1-2H3,(H,22,23,25);1H,(H,2,3). The molecule has 7 nitrogen and oxygen atoms in total. The number of nitrogens with zero attached hydrogens (tertiary/aromatic N) is 2. The predicted molar refractivity (Wildman–Crippen MR) is 111 cm³/mol. The summed E-state index contributed by atoms with van der Waals surface area (Å²) in [7, 11) is 1.76. The lowest BCUT2D eigenvalue weighted by atomic mass is 9.76. The minimum absolute atomic E-state index is 0.0425. The summed E-state index contributed by atoms with van der Waals surface area (Å²) in [4.78, 5) is 31.5. The number of piperidine rings is 1. The Labute approximate surface area is 170 Å². The Balaban J connectivity index is 0.000000755. The number of nitrogens with one attached hydrogen (secondary N) is 1. The topological polar surface area (TPSA) is 95.5 Å². The molecule has 1 fully saturated rings. The third-order valence-electron chi connectivity index (χ3n) is 6.20. The maximum Gasteiger partial charge on any atom is 0.290 e. The summed E-state index contributed by atoms with van der Waals surface area (Å²) >= 11 is 0. The number of likely N-dealkylation sites (tertiary alicyclic amines) is 1. The van der Waals surface area contributed by atoms with E-state index in [4.69, 9.17) is 19.6 Å². The first-order chi connectivity index (χ1) is 14.0. The number of H-pyrrole nitrogens is 1. The van der Waals surface area contributed by atoms with Gasteiger partial charge in [0.15, 0.2) is 0 Å². The fraction of sp³-hybridized carbons (Fsp3) is 0.500. The zero-order valence-electron chi connectivity index (χ0n) is 17.1. The summed E-state index contributed by atoms with van der Waals surface area (Å²) < 4.78 is 5.31. The monoisotopic (exact) mass is 399 g/mol. The maximum absolute atomic E-state index is 12.7. The van der Waals surface area contributed by atoms with Crippen LogP contribution in [0.5, 0.6) is 0 Å². The number of benzene rings is 1. The molecule has 1 aromatic carbocycles. The van der Waals surface area contributed by atoms with Crippen LogP contribution in [0.25, 0.3) is 11.4 Å². The Morgan fingerprint density at radius 1 is 1.28 bits per heavy atom. The highest BCUT2D eigenvalue weighted by Crippen LogP contribution is 2.44. The number of fused-ring (bicyclic) bond motifs is 2. The average Bonchev–Trinajstić information content (AvgIpc) is 3.08. The Morgan fingerprint density at radius 2 is 1.93 bits per heavy atom. The fourth-order valence-corrected chi connectivity index (χ4v) is 4.61. The molecule has 1 aliphatic heterocycles. The molecule has 1 aliphatic carbocycles. The number of rotatable bonds is 4. The summed E-state index contributed by atoms with van der Waals surface area (Å²) in [6.45, 7) is 4.82. The number of hydrogen-bond acceptors (Lipinski definition) is 5. The molecule has 0 amide bonds. The predicted octanol–water partition coefficient (Wildman–Crippen LogP) is 2.45. The largest absolute Gasteiger partial charge is 0.483 e. The number of aromatic nitrogens is 2. The highest BCUT2D eigenvalue weighted by atomic mass is 16.5. The zero-order chi connectivity index (χ0) is 20.9. The van der Waals surface area contributed by atoms with Crippen molar-refractivity contribution in [1.82, 2.24) is 14.9 Å². The van der Waals surface area contributed by atoms with E-state index >= 15 is 0 Å². The van der Waals surface area contributed by atoms with E-state index in [1.54, 1.807) is 7.11 Å². The molecule has 0 saturated carbocycles. The van der Waals surface area contributed by atoms with Crippen molar-refractivity contribution in [2.45, 2.75) is 44.1 Å². The number of hydrogen-bond donors (Lipinski definition) is 2. The van der Waals surface area contributed by atoms with Crippen LogP contribution in [0.3, 0.4) is 0 Å². The summed E-state index contributed by atoms with van der Waals surface area (Å²) in [5, 5.41) is 6.89. The molecule has 2 N–H and O–H groups in total. The van der Waals surface area contributed by atoms with Gasteiger partial charge in [-0.1, -0.05) is 30.3 Å². The molecule has 4 rings (SSSR count). The number of methoxy groups -OCH3 is 1. The second-order valence-corrected chi connectivity index (χ2v) is 7.83. The van der Waals surface area contributed by atoms with Crippen LogP contribution in [0, 0.1) is 0 Å². The van der Waals surface area contributed by atoms with Crippen LogP contribution in [0.15, 0.2) is 35.1 Å². The molecule has 1 aromatic heterocycles. The van der Waals surface area contributed by atoms with E-state index in [2.05, 4.69) is 16.8 Å². The Hall–Kier alpha value is -2.51. The molecule has 156 valence electrons. The second-order valence-electron chi connectivity index (χ2n) is 7.83. The van der Waals surface area contributed by atoms with Crippen molar-refractivity contribution in [1.29, 1.82) is 0 Å². The number of aromatic amines is 1. The smallest absolute Gasteiger partial charge is 0.290 e. The van der Waals surface area contributed by atoms with Crippen LogP contribution < -0.4 is 5.56 Å². The van der Waals surface area contributed by atoms with Crippen LogP contribution in [0.1, 0.15) is 37.4 Å². The minimum Gasteiger partial charge on any atom is -0.483 e. The van der Waals surface area contributed by atoms with Crippen molar-refractivity contribution < 1.29 is 14.6 Å². The van der Waals surface area contributed by atoms with Gasteiger partial charge in [-0.15, -0.1) is 0 Å². The molecule has 29 heavy (non-hydrogen) atoms. The van der Waals surface area contributed by atoms with Crippen molar-refractivity contribution in [3.63, 3.8) is 0 Å². The maximum atomic E-state index is 12.7. The molecule has 2 heterocycles. The van der Waals surface area contributed by atoms with Crippen molar-refractivity contribution in [2.75, 3.05) is 26.8 Å². The average molecular weight is 399 g/mol. The summed E-state index contributed by atoms with van der Waals surface area (Å²) in [5.41, 5.74) is 3.04. The molecule has 1 atom stereocenters. The molecule has 2 aliphatic rings. The molecular formula is C22H29N3O4. The van der Waals surface area contributed by atoms with Crippen molar-refractivity contribution in [3.05, 3.63) is 51.9 Å². The fourth-order valence-electron chi connectivity index (χ4n) is 4.61. The SMILES string of the molecule is COCC(C)N1CCC2(CCc3c2nc(-c2ccccc2)[nH]c3=O)CC1.O=CO. The van der Waals surface area contributed by atoms with E-state index in [9.17, 15) is 4.79 Å². The van der Waals surface area contributed by atoms with Gasteiger partial charge in [0.05, 0.1) is 12.3 Å². The Kier molecular flexibility index (Phi) is 6.82. The van der Waals surface area contributed by atoms with Gasteiger partial charge >= 0.3 is 0 Å². The molecule has 0 bridgehead atoms. The van der Waals surface area contributed by atoms with Crippen LogP contribution in [-0.4, -0.2) is 59.3 Å². The van der Waals surface area contributed by atoms with Crippen molar-refractivity contribution >= 4 is 6.47 Å². The van der Waals surface area contributed by atoms with Gasteiger partial charge in [-0.3, -0.25) is 14.5 Å². The molecule has 1 unspecified atom stereocenters. The van der Waals surface area contributed by atoms with Gasteiger partial charge in [0.2, 0.25) is 0 Å². The third kappa shape index (κ3) is 4.41. The lowest BCUT2D eigenvalue weighted by Gasteiger charge is -2.41. The van der Waals surface area contributed by atoms with Crippen LogP contribution in [0.4, 0.5) is 0 Å². The van der Waals surface area contributed by atoms with Crippen LogP contribution in [0.2, 0.25) is 0 Å². The highest BCUT2D eigenvalue weighted by Gasteiger charge is 2.44. The van der Waals surface area contributed by atoms with Gasteiger partial charge in [-0.2, -0.15) is 0 Å². The summed E-state index contributed by atoms with van der Waals surface area (Å²) in [6.07, 6.45) is 4.03. The molecule has 2 aromatic rings. The second kappa shape index (κ2) is 9.33. The molecular weight excluding hydrogens is 370 g/mol. The van der Waals surface area contributed by atoms with Crippen LogP contribution >= 0.6 is 0 Å². The van der Waals surface area contributed by atoms with Crippen molar-refractivity contribution in [2.24, 2.45) is 0 Å². The normalized spacial score (nSPS) is 18.6. The van der Waals surface area contributed by atoms with E-state index < -0.39 is 0 Å². The lowest BCUT2D eigenvalue weighted by Crippen LogP contribution is -2.47. The minimum atomic E-state index is -0.250. The zero-order valence-corrected chi connectivity index (χ0v) is 17.1. The highest BCUT2D eigenvalue weighted by molar-refractivity contribution is 5.55. The van der Waals surface area contributed by atoms with E-state index in [1.165, 1.54) is 0 Å². The van der Waals surface area contributed by atoms with E-state index in [0.29, 0.717) is 11.9 Å². The van der Waals surface area contributed by atoms with E-state index in [-0.39, 0.29) is 17.4 Å². The van der Waals surface area contributed by atoms with Gasteiger partial charge in [0, 0.05) is 29.7 Å². The number of ether oxygens (including phenoxy) is 1. The van der Waals surface area contributed by atoms with Gasteiger partial charge in [-0.05, 0) is 45.7 Å². The van der Waals surface area contributed by atoms with Crippen LogP contribution in [-0.2, 0) is 21.4 Å². The van der Waals surface area contributed by atoms with Crippen molar-refractivity contribution in [3.8, 4) is 11.4 Å². The molecule has 1 saturated heterocycles. The third-order valence-corrected chi connectivity index (χ3v) is 6.20. The molecule has 7 heteroatoms.